The number of benzene rings is 1. The Balaban J connectivity index is 1.67. The number of nitrogens with one attached hydrogen (secondary N) is 1. The number of amides is 2. The van der Waals surface area contributed by atoms with E-state index in [9.17, 15) is 18.8 Å². The minimum Gasteiger partial charge on any atom is -0.452 e. The number of hydrogen-bond acceptors (Lipinski definition) is 5. The Bertz CT molecular complexity index is 954. The maximum Gasteiger partial charge on any atom is 0.338 e. The summed E-state index contributed by atoms with van der Waals surface area (Å²) in [6.45, 7) is 3.17. The number of carbonyl (C=O) groups is 3. The van der Waals surface area contributed by atoms with Gasteiger partial charge in [-0.15, -0.1) is 11.3 Å². The van der Waals surface area contributed by atoms with Crippen LogP contribution in [0.3, 0.4) is 0 Å². The first-order valence-electron chi connectivity index (χ1n) is 8.93. The van der Waals surface area contributed by atoms with Crippen molar-refractivity contribution in [2.45, 2.75) is 33.1 Å². The first kappa shape index (κ1) is 20.0. The van der Waals surface area contributed by atoms with Crippen LogP contribution in [0.25, 0.3) is 0 Å². The molecular weight excluding hydrogens is 383 g/mol. The van der Waals surface area contributed by atoms with E-state index in [1.807, 2.05) is 0 Å². The van der Waals surface area contributed by atoms with Crippen molar-refractivity contribution in [2.75, 3.05) is 11.9 Å². The van der Waals surface area contributed by atoms with Crippen LogP contribution in [-0.4, -0.2) is 24.4 Å². The first-order valence-corrected chi connectivity index (χ1v) is 9.75. The van der Waals surface area contributed by atoms with Crippen LogP contribution in [0.1, 0.15) is 50.1 Å². The maximum atomic E-state index is 13.6. The van der Waals surface area contributed by atoms with Crippen molar-refractivity contribution in [2.24, 2.45) is 11.7 Å². The minimum absolute atomic E-state index is 0.0225. The Kier molecular flexibility index (Phi) is 5.79. The number of carbonyl (C=O) groups excluding carboxylic acids is 3. The second-order valence-electron chi connectivity index (χ2n) is 7.01. The summed E-state index contributed by atoms with van der Waals surface area (Å²) in [5, 5.41) is 3.00. The van der Waals surface area contributed by atoms with E-state index in [4.69, 9.17) is 10.5 Å². The molecule has 2 aromatic rings. The number of fused-ring (bicyclic) bond motifs is 1. The predicted octanol–water partition coefficient (Wildman–Crippen LogP) is 3.21. The highest BCUT2D eigenvalue weighted by atomic mass is 32.1. The number of esters is 1. The lowest BCUT2D eigenvalue weighted by molar-refractivity contribution is -0.119. The van der Waals surface area contributed by atoms with Gasteiger partial charge in [-0.2, -0.15) is 0 Å². The van der Waals surface area contributed by atoms with Crippen LogP contribution in [0.4, 0.5) is 9.39 Å². The zero-order valence-corrected chi connectivity index (χ0v) is 16.5. The molecule has 28 heavy (non-hydrogen) atoms. The molecule has 3 N–H and O–H groups in total. The minimum atomic E-state index is -0.802. The van der Waals surface area contributed by atoms with Gasteiger partial charge in [-0.05, 0) is 55.4 Å². The van der Waals surface area contributed by atoms with Gasteiger partial charge in [0.25, 0.3) is 11.8 Å². The smallest absolute Gasteiger partial charge is 0.338 e. The fourth-order valence-electron chi connectivity index (χ4n) is 3.20. The van der Waals surface area contributed by atoms with Crippen molar-refractivity contribution in [3.8, 4) is 0 Å². The van der Waals surface area contributed by atoms with Crippen molar-refractivity contribution in [1.82, 2.24) is 0 Å². The molecule has 8 heteroatoms. The number of hydrogen-bond donors (Lipinski definition) is 2. The summed E-state index contributed by atoms with van der Waals surface area (Å²) in [6, 6.07) is 3.95. The molecule has 1 aromatic carbocycles. The molecule has 1 aliphatic carbocycles. The lowest BCUT2D eigenvalue weighted by Gasteiger charge is -2.18. The molecule has 1 aliphatic rings. The highest BCUT2D eigenvalue weighted by molar-refractivity contribution is 7.17. The fraction of sp³-hybridized carbons (Fsp3) is 0.350. The molecule has 0 spiro atoms. The molecule has 1 heterocycles. The summed E-state index contributed by atoms with van der Waals surface area (Å²) >= 11 is 1.33. The molecule has 6 nitrogen and oxygen atoms in total. The van der Waals surface area contributed by atoms with Gasteiger partial charge in [-0.25, -0.2) is 9.18 Å². The third-order valence-corrected chi connectivity index (χ3v) is 5.92. The molecule has 148 valence electrons. The zero-order valence-electron chi connectivity index (χ0n) is 15.6. The van der Waals surface area contributed by atoms with E-state index in [2.05, 4.69) is 12.2 Å². The average molecular weight is 404 g/mol. The molecule has 1 aromatic heterocycles. The van der Waals surface area contributed by atoms with Crippen LogP contribution in [-0.2, 0) is 22.4 Å². The molecule has 0 saturated carbocycles. The molecule has 0 bridgehead atoms. The van der Waals surface area contributed by atoms with Crippen LogP contribution in [0.15, 0.2) is 18.2 Å². The van der Waals surface area contributed by atoms with Crippen LogP contribution in [0, 0.1) is 18.7 Å². The summed E-state index contributed by atoms with van der Waals surface area (Å²) in [6.07, 6.45) is 2.54. The molecule has 0 unspecified atom stereocenters. The number of ether oxygens (including phenoxy) is 1. The second-order valence-corrected chi connectivity index (χ2v) is 8.11. The van der Waals surface area contributed by atoms with E-state index >= 15 is 0 Å². The van der Waals surface area contributed by atoms with E-state index in [0.717, 1.165) is 35.8 Å². The van der Waals surface area contributed by atoms with Crippen LogP contribution >= 0.6 is 11.3 Å². The third kappa shape index (κ3) is 4.22. The van der Waals surface area contributed by atoms with Crippen molar-refractivity contribution in [3.05, 3.63) is 51.1 Å². The Morgan fingerprint density at radius 1 is 1.36 bits per heavy atom. The molecule has 2 amide bonds. The highest BCUT2D eigenvalue weighted by Crippen LogP contribution is 2.39. The average Bonchev–Trinajstić information content (AvgIpc) is 2.98. The molecular formula is C20H21FN2O4S. The standard InChI is InChI=1S/C20H21FN2O4S/c1-10-3-6-13-15(7-10)28-19(17(13)18(22)25)23-16(24)9-27-20(26)12-5-4-11(2)14(21)8-12/h4-5,8,10H,3,6-7,9H2,1-2H3,(H2,22,25)(H,23,24)/t10-/m0/s1. The van der Waals surface area contributed by atoms with E-state index in [1.54, 1.807) is 6.92 Å². The van der Waals surface area contributed by atoms with Gasteiger partial charge in [0.2, 0.25) is 0 Å². The molecule has 0 aliphatic heterocycles. The number of anilines is 1. The normalized spacial score (nSPS) is 15.6. The largest absolute Gasteiger partial charge is 0.452 e. The highest BCUT2D eigenvalue weighted by Gasteiger charge is 2.27. The Labute approximate surface area is 165 Å². The summed E-state index contributed by atoms with van der Waals surface area (Å²) in [5.41, 5.74) is 7.18. The van der Waals surface area contributed by atoms with Crippen LogP contribution in [0.2, 0.25) is 0 Å². The van der Waals surface area contributed by atoms with Crippen molar-refractivity contribution >= 4 is 34.1 Å². The summed E-state index contributed by atoms with van der Waals surface area (Å²) in [5.74, 6) is -2.00. The number of aryl methyl sites for hydroxylation is 1. The Morgan fingerprint density at radius 3 is 2.79 bits per heavy atom. The Morgan fingerprint density at radius 2 is 2.11 bits per heavy atom. The number of halogens is 1. The van der Waals surface area contributed by atoms with Gasteiger partial charge in [-0.1, -0.05) is 13.0 Å². The predicted molar refractivity (Wildman–Crippen MR) is 104 cm³/mol. The number of primary amides is 1. The fourth-order valence-corrected chi connectivity index (χ4v) is 4.63. The lowest BCUT2D eigenvalue weighted by atomic mass is 9.88. The van der Waals surface area contributed by atoms with Gasteiger partial charge in [0.15, 0.2) is 6.61 Å². The molecule has 3 rings (SSSR count). The van der Waals surface area contributed by atoms with E-state index in [-0.39, 0.29) is 5.56 Å². The number of nitrogens with two attached hydrogens (primary N) is 1. The molecule has 0 radical (unpaired) electrons. The number of thiophene rings is 1. The van der Waals surface area contributed by atoms with Crippen molar-refractivity contribution < 1.29 is 23.5 Å². The second kappa shape index (κ2) is 8.10. The van der Waals surface area contributed by atoms with Gasteiger partial charge >= 0.3 is 5.97 Å². The van der Waals surface area contributed by atoms with E-state index < -0.39 is 30.2 Å². The lowest BCUT2D eigenvalue weighted by Crippen LogP contribution is -2.23. The summed E-state index contributed by atoms with van der Waals surface area (Å²) in [4.78, 5) is 37.1. The Hall–Kier alpha value is -2.74. The quantitative estimate of drug-likeness (QED) is 0.748. The van der Waals surface area contributed by atoms with Gasteiger partial charge in [0.1, 0.15) is 10.8 Å². The molecule has 1 atom stereocenters. The van der Waals surface area contributed by atoms with Gasteiger partial charge < -0.3 is 15.8 Å². The summed E-state index contributed by atoms with van der Waals surface area (Å²) in [7, 11) is 0. The summed E-state index contributed by atoms with van der Waals surface area (Å²) < 4.78 is 18.5. The van der Waals surface area contributed by atoms with Gasteiger partial charge in [0.05, 0.1) is 11.1 Å². The topological polar surface area (TPSA) is 98.5 Å². The van der Waals surface area contributed by atoms with Gasteiger partial charge in [0, 0.05) is 4.88 Å². The first-order chi connectivity index (χ1) is 13.3. The maximum absolute atomic E-state index is 13.6. The monoisotopic (exact) mass is 404 g/mol. The third-order valence-electron chi connectivity index (χ3n) is 4.75. The van der Waals surface area contributed by atoms with Crippen molar-refractivity contribution in [3.63, 3.8) is 0 Å². The van der Waals surface area contributed by atoms with Gasteiger partial charge in [-0.3, -0.25) is 9.59 Å². The molecule has 0 fully saturated rings. The van der Waals surface area contributed by atoms with Crippen LogP contribution in [0.5, 0.6) is 0 Å². The number of rotatable bonds is 5. The van der Waals surface area contributed by atoms with Crippen molar-refractivity contribution in [1.29, 1.82) is 0 Å². The van der Waals surface area contributed by atoms with E-state index in [0.29, 0.717) is 22.0 Å². The van der Waals surface area contributed by atoms with Crippen LogP contribution < -0.4 is 11.1 Å². The zero-order chi connectivity index (χ0) is 20.4. The van der Waals surface area contributed by atoms with E-state index in [1.165, 1.54) is 23.5 Å². The SMILES string of the molecule is Cc1ccc(C(=O)OCC(=O)Nc2sc3c(c2C(N)=O)CC[C@H](C)C3)cc1F. The molecule has 0 saturated heterocycles.